The van der Waals surface area contributed by atoms with Gasteiger partial charge >= 0.3 is 0 Å². The molecule has 0 amide bonds. The Morgan fingerprint density at radius 2 is 1.86 bits per heavy atom. The fraction of sp³-hybridized carbons (Fsp3) is 0.500. The predicted octanol–water partition coefficient (Wildman–Crippen LogP) is 2.13. The van der Waals surface area contributed by atoms with Gasteiger partial charge in [-0.05, 0) is 5.56 Å². The van der Waals surface area contributed by atoms with Crippen LogP contribution < -0.4 is 0 Å². The maximum absolute atomic E-state index is 5.81. The summed E-state index contributed by atoms with van der Waals surface area (Å²) in [6, 6.07) is 10.3. The topological polar surface area (TPSA) is 21.8 Å². The Balaban J connectivity index is 1.50. The van der Waals surface area contributed by atoms with Crippen molar-refractivity contribution in [1.29, 1.82) is 0 Å². The summed E-state index contributed by atoms with van der Waals surface area (Å²) in [5.74, 6) is 0. The Morgan fingerprint density at radius 3 is 2.57 bits per heavy atom. The molecule has 0 N–H and O–H groups in total. The normalized spacial score (nSPS) is 30.3. The molecule has 1 aliphatic heterocycles. The van der Waals surface area contributed by atoms with E-state index in [-0.39, 0.29) is 0 Å². The highest BCUT2D eigenvalue weighted by Gasteiger charge is 2.48. The van der Waals surface area contributed by atoms with Crippen LogP contribution in [0.2, 0.25) is 0 Å². The summed E-state index contributed by atoms with van der Waals surface area (Å²) in [5, 5.41) is 0. The third kappa shape index (κ3) is 1.68. The summed E-state index contributed by atoms with van der Waals surface area (Å²) in [4.78, 5) is 0. The lowest BCUT2D eigenvalue weighted by molar-refractivity contribution is 0.0221. The van der Waals surface area contributed by atoms with Crippen LogP contribution in [0.3, 0.4) is 0 Å². The van der Waals surface area contributed by atoms with Gasteiger partial charge in [0.05, 0.1) is 24.9 Å². The summed E-state index contributed by atoms with van der Waals surface area (Å²) in [5.41, 5.74) is 1.26. The number of rotatable bonds is 3. The molecule has 2 nitrogen and oxygen atoms in total. The zero-order valence-electron chi connectivity index (χ0n) is 8.06. The molecule has 0 aromatic heterocycles. The maximum Gasteiger partial charge on any atom is 0.0867 e. The van der Waals surface area contributed by atoms with Crippen LogP contribution in [0, 0.1) is 0 Å². The second-order valence-corrected chi connectivity index (χ2v) is 4.10. The molecule has 2 aliphatic rings. The summed E-state index contributed by atoms with van der Waals surface area (Å²) >= 11 is 0. The fourth-order valence-electron chi connectivity index (χ4n) is 2.13. The third-order valence-corrected chi connectivity index (χ3v) is 3.01. The van der Waals surface area contributed by atoms with Crippen LogP contribution in [-0.2, 0) is 16.1 Å². The van der Waals surface area contributed by atoms with Crippen LogP contribution in [0.15, 0.2) is 30.3 Å². The molecular weight excluding hydrogens is 176 g/mol. The smallest absolute Gasteiger partial charge is 0.0867 e. The second-order valence-electron chi connectivity index (χ2n) is 4.10. The molecule has 14 heavy (non-hydrogen) atoms. The van der Waals surface area contributed by atoms with Crippen LogP contribution in [0.5, 0.6) is 0 Å². The molecule has 2 atom stereocenters. The van der Waals surface area contributed by atoms with E-state index in [1.807, 2.05) is 18.2 Å². The van der Waals surface area contributed by atoms with Crippen LogP contribution >= 0.6 is 0 Å². The Morgan fingerprint density at radius 1 is 1.14 bits per heavy atom. The van der Waals surface area contributed by atoms with Gasteiger partial charge < -0.3 is 9.47 Å². The Bertz CT molecular complexity index is 299. The Labute approximate surface area is 83.8 Å². The number of fused-ring (bicyclic) bond motifs is 1. The van der Waals surface area contributed by atoms with Gasteiger partial charge in [0.2, 0.25) is 0 Å². The van der Waals surface area contributed by atoms with Crippen LogP contribution in [-0.4, -0.2) is 18.3 Å². The van der Waals surface area contributed by atoms with E-state index in [0.717, 1.165) is 19.4 Å². The SMILES string of the molecule is c1ccc(COC2C[C@@H]3O[C@H]3C2)cc1. The van der Waals surface area contributed by atoms with Crippen LogP contribution in [0.25, 0.3) is 0 Å². The van der Waals surface area contributed by atoms with Gasteiger partial charge in [0.25, 0.3) is 0 Å². The number of ether oxygens (including phenoxy) is 2. The quantitative estimate of drug-likeness (QED) is 0.681. The minimum Gasteiger partial charge on any atom is -0.373 e. The van der Waals surface area contributed by atoms with Crippen molar-refractivity contribution >= 4 is 0 Å². The molecule has 0 bridgehead atoms. The van der Waals surface area contributed by atoms with Crippen molar-refractivity contribution in [3.8, 4) is 0 Å². The first-order valence-electron chi connectivity index (χ1n) is 5.23. The molecule has 0 radical (unpaired) electrons. The van der Waals surface area contributed by atoms with Crippen molar-refractivity contribution in [2.24, 2.45) is 0 Å². The highest BCUT2D eigenvalue weighted by Crippen LogP contribution is 2.39. The molecule has 0 spiro atoms. The molecule has 2 fully saturated rings. The zero-order valence-corrected chi connectivity index (χ0v) is 8.06. The van der Waals surface area contributed by atoms with E-state index < -0.39 is 0 Å². The number of epoxide rings is 1. The molecule has 1 heterocycles. The van der Waals surface area contributed by atoms with Crippen molar-refractivity contribution in [2.75, 3.05) is 0 Å². The van der Waals surface area contributed by atoms with E-state index in [1.165, 1.54) is 5.56 Å². The van der Waals surface area contributed by atoms with Crippen molar-refractivity contribution in [2.45, 2.75) is 37.8 Å². The molecule has 0 unspecified atom stereocenters. The van der Waals surface area contributed by atoms with Gasteiger partial charge in [-0.3, -0.25) is 0 Å². The van der Waals surface area contributed by atoms with Crippen molar-refractivity contribution in [3.63, 3.8) is 0 Å². The second kappa shape index (κ2) is 3.37. The van der Waals surface area contributed by atoms with Gasteiger partial charge in [-0.2, -0.15) is 0 Å². The van der Waals surface area contributed by atoms with E-state index >= 15 is 0 Å². The van der Waals surface area contributed by atoms with Gasteiger partial charge in [0, 0.05) is 12.8 Å². The molecule has 1 saturated heterocycles. The van der Waals surface area contributed by atoms with Crippen LogP contribution in [0.1, 0.15) is 18.4 Å². The Hall–Kier alpha value is -0.860. The average molecular weight is 190 g/mol. The maximum atomic E-state index is 5.81. The van der Waals surface area contributed by atoms with Crippen molar-refractivity contribution < 1.29 is 9.47 Å². The Kier molecular flexibility index (Phi) is 2.03. The molecular formula is C12H14O2. The van der Waals surface area contributed by atoms with Gasteiger partial charge in [-0.15, -0.1) is 0 Å². The minimum atomic E-state index is 0.430. The van der Waals surface area contributed by atoms with E-state index in [1.54, 1.807) is 0 Å². The summed E-state index contributed by atoms with van der Waals surface area (Å²) in [6.45, 7) is 0.741. The zero-order chi connectivity index (χ0) is 9.38. The monoisotopic (exact) mass is 190 g/mol. The highest BCUT2D eigenvalue weighted by atomic mass is 16.6. The van der Waals surface area contributed by atoms with Gasteiger partial charge in [-0.1, -0.05) is 30.3 Å². The fourth-order valence-corrected chi connectivity index (χ4v) is 2.13. The third-order valence-electron chi connectivity index (χ3n) is 3.01. The molecule has 2 heteroatoms. The lowest BCUT2D eigenvalue weighted by Crippen LogP contribution is -2.11. The van der Waals surface area contributed by atoms with E-state index in [9.17, 15) is 0 Å². The standard InChI is InChI=1S/C12H14O2/c1-2-4-9(5-3-1)8-13-10-6-11-12(7-10)14-11/h1-5,10-12H,6-8H2/t11-,12-/m0/s1. The average Bonchev–Trinajstić information content (AvgIpc) is 2.85. The molecule has 1 aliphatic carbocycles. The lowest BCUT2D eigenvalue weighted by atomic mass is 10.2. The largest absolute Gasteiger partial charge is 0.373 e. The van der Waals surface area contributed by atoms with Gasteiger partial charge in [0.15, 0.2) is 0 Å². The van der Waals surface area contributed by atoms with Crippen molar-refractivity contribution in [1.82, 2.24) is 0 Å². The molecule has 74 valence electrons. The number of benzene rings is 1. The highest BCUT2D eigenvalue weighted by molar-refractivity contribution is 5.13. The molecule has 1 saturated carbocycles. The van der Waals surface area contributed by atoms with Gasteiger partial charge in [0.1, 0.15) is 0 Å². The molecule has 3 rings (SSSR count). The first kappa shape index (κ1) is 8.45. The molecule has 1 aromatic carbocycles. The van der Waals surface area contributed by atoms with Crippen molar-refractivity contribution in [3.05, 3.63) is 35.9 Å². The van der Waals surface area contributed by atoms with E-state index in [4.69, 9.17) is 9.47 Å². The van der Waals surface area contributed by atoms with E-state index in [2.05, 4.69) is 12.1 Å². The van der Waals surface area contributed by atoms with E-state index in [0.29, 0.717) is 18.3 Å². The lowest BCUT2D eigenvalue weighted by Gasteiger charge is -2.12. The first-order chi connectivity index (χ1) is 6.92. The molecule has 1 aromatic rings. The summed E-state index contributed by atoms with van der Waals surface area (Å²) in [6.07, 6.45) is 3.67. The summed E-state index contributed by atoms with van der Waals surface area (Å²) in [7, 11) is 0. The predicted molar refractivity (Wildman–Crippen MR) is 52.9 cm³/mol. The minimum absolute atomic E-state index is 0.430. The van der Waals surface area contributed by atoms with Gasteiger partial charge in [-0.25, -0.2) is 0 Å². The number of hydrogen-bond acceptors (Lipinski definition) is 2. The van der Waals surface area contributed by atoms with Crippen LogP contribution in [0.4, 0.5) is 0 Å². The number of hydrogen-bond donors (Lipinski definition) is 0. The summed E-state index contributed by atoms with van der Waals surface area (Å²) < 4.78 is 11.2. The first-order valence-corrected chi connectivity index (χ1v) is 5.23.